The number of nitrogens with one attached hydrogen (secondary N) is 1. The summed E-state index contributed by atoms with van der Waals surface area (Å²) >= 11 is 0. The monoisotopic (exact) mass is 297 g/mol. The first-order valence-corrected chi connectivity index (χ1v) is 8.02. The van der Waals surface area contributed by atoms with Gasteiger partial charge in [-0.25, -0.2) is 4.98 Å². The Morgan fingerprint density at radius 1 is 1.36 bits per heavy atom. The normalized spacial score (nSPS) is 17.3. The minimum atomic E-state index is -0.0631. The maximum atomic E-state index is 12.1. The van der Waals surface area contributed by atoms with Crippen LogP contribution in [0.5, 0.6) is 0 Å². The number of aryl methyl sites for hydroxylation is 1. The first-order chi connectivity index (χ1) is 10.6. The molecule has 22 heavy (non-hydrogen) atoms. The van der Waals surface area contributed by atoms with Crippen LogP contribution in [0.4, 0.5) is 0 Å². The average molecular weight is 297 g/mol. The molecule has 1 aromatic carbocycles. The van der Waals surface area contributed by atoms with Crippen LogP contribution >= 0.6 is 0 Å². The molecule has 1 amide bonds. The van der Waals surface area contributed by atoms with Gasteiger partial charge in [0, 0.05) is 31.6 Å². The first kappa shape index (κ1) is 14.8. The van der Waals surface area contributed by atoms with Gasteiger partial charge in [0.05, 0.1) is 0 Å². The highest BCUT2D eigenvalue weighted by Gasteiger charge is 2.23. The van der Waals surface area contributed by atoms with E-state index in [0.29, 0.717) is 24.1 Å². The van der Waals surface area contributed by atoms with Gasteiger partial charge in [-0.05, 0) is 17.9 Å². The Hall–Kier alpha value is -2.10. The van der Waals surface area contributed by atoms with Crippen molar-refractivity contribution < 1.29 is 4.79 Å². The third kappa shape index (κ3) is 3.21. The van der Waals surface area contributed by atoms with Crippen LogP contribution in [0.25, 0.3) is 0 Å². The molecule has 0 fully saturated rings. The van der Waals surface area contributed by atoms with Crippen LogP contribution in [0.1, 0.15) is 48.1 Å². The van der Waals surface area contributed by atoms with E-state index in [1.54, 1.807) is 0 Å². The zero-order valence-electron chi connectivity index (χ0n) is 13.2. The van der Waals surface area contributed by atoms with Crippen LogP contribution in [0.2, 0.25) is 0 Å². The van der Waals surface area contributed by atoms with E-state index in [4.69, 9.17) is 0 Å². The molecule has 0 saturated heterocycles. The van der Waals surface area contributed by atoms with Crippen molar-refractivity contribution >= 4 is 5.91 Å². The Bertz CT molecular complexity index is 646. The van der Waals surface area contributed by atoms with E-state index in [2.05, 4.69) is 53.0 Å². The average Bonchev–Trinajstić information content (AvgIpc) is 2.96. The molecule has 0 aliphatic carbocycles. The molecule has 1 N–H and O–H groups in total. The molecule has 3 rings (SSSR count). The van der Waals surface area contributed by atoms with Gasteiger partial charge in [0.2, 0.25) is 0 Å². The fourth-order valence-electron chi connectivity index (χ4n) is 2.94. The number of hydrogen-bond donors (Lipinski definition) is 1. The van der Waals surface area contributed by atoms with Gasteiger partial charge in [-0.3, -0.25) is 4.79 Å². The second kappa shape index (κ2) is 6.34. The topological polar surface area (TPSA) is 46.9 Å². The third-order valence-corrected chi connectivity index (χ3v) is 4.17. The summed E-state index contributed by atoms with van der Waals surface area (Å²) in [5.74, 6) is 1.92. The lowest BCUT2D eigenvalue weighted by Gasteiger charge is -2.23. The SMILES string of the molecule is CC(C)CNC(=O)c1cn2c(n1)CC[C@@H](c1ccccc1)C2. The van der Waals surface area contributed by atoms with Gasteiger partial charge in [-0.1, -0.05) is 44.2 Å². The lowest BCUT2D eigenvalue weighted by molar-refractivity contribution is 0.0944. The fourth-order valence-corrected chi connectivity index (χ4v) is 2.94. The zero-order valence-corrected chi connectivity index (χ0v) is 13.2. The highest BCUT2D eigenvalue weighted by atomic mass is 16.1. The quantitative estimate of drug-likeness (QED) is 0.943. The Labute approximate surface area is 131 Å². The van der Waals surface area contributed by atoms with E-state index < -0.39 is 0 Å². The van der Waals surface area contributed by atoms with E-state index in [1.807, 2.05) is 12.3 Å². The molecule has 1 aliphatic heterocycles. The number of benzene rings is 1. The summed E-state index contributed by atoms with van der Waals surface area (Å²) in [7, 11) is 0. The van der Waals surface area contributed by atoms with Crippen molar-refractivity contribution in [1.82, 2.24) is 14.9 Å². The molecule has 0 bridgehead atoms. The predicted molar refractivity (Wildman–Crippen MR) is 86.9 cm³/mol. The predicted octanol–water partition coefficient (Wildman–Crippen LogP) is 3.00. The molecule has 0 unspecified atom stereocenters. The van der Waals surface area contributed by atoms with Crippen molar-refractivity contribution in [2.75, 3.05) is 6.54 Å². The molecular formula is C18H23N3O. The van der Waals surface area contributed by atoms with Crippen LogP contribution < -0.4 is 5.32 Å². The number of hydrogen-bond acceptors (Lipinski definition) is 2. The summed E-state index contributed by atoms with van der Waals surface area (Å²) in [6.45, 7) is 5.77. The number of carbonyl (C=O) groups excluding carboxylic acids is 1. The van der Waals surface area contributed by atoms with Crippen LogP contribution in [0.3, 0.4) is 0 Å². The van der Waals surface area contributed by atoms with Crippen molar-refractivity contribution in [3.05, 3.63) is 53.6 Å². The Morgan fingerprint density at radius 2 is 2.14 bits per heavy atom. The molecule has 0 saturated carbocycles. The number of fused-ring (bicyclic) bond motifs is 1. The Kier molecular flexibility index (Phi) is 4.27. The van der Waals surface area contributed by atoms with Crippen LogP contribution in [0, 0.1) is 5.92 Å². The van der Waals surface area contributed by atoms with Gasteiger partial charge in [-0.2, -0.15) is 0 Å². The smallest absolute Gasteiger partial charge is 0.271 e. The van der Waals surface area contributed by atoms with E-state index in [9.17, 15) is 4.79 Å². The van der Waals surface area contributed by atoms with Crippen molar-refractivity contribution in [2.24, 2.45) is 5.92 Å². The molecule has 116 valence electrons. The van der Waals surface area contributed by atoms with Crippen molar-refractivity contribution in [3.63, 3.8) is 0 Å². The van der Waals surface area contributed by atoms with Gasteiger partial charge < -0.3 is 9.88 Å². The summed E-state index contributed by atoms with van der Waals surface area (Å²) < 4.78 is 2.14. The summed E-state index contributed by atoms with van der Waals surface area (Å²) in [4.78, 5) is 16.6. The molecular weight excluding hydrogens is 274 g/mol. The van der Waals surface area contributed by atoms with E-state index in [1.165, 1.54) is 5.56 Å². The summed E-state index contributed by atoms with van der Waals surface area (Å²) in [6.07, 6.45) is 3.92. The lowest BCUT2D eigenvalue weighted by Crippen LogP contribution is -2.27. The van der Waals surface area contributed by atoms with E-state index in [-0.39, 0.29) is 5.91 Å². The highest BCUT2D eigenvalue weighted by Crippen LogP contribution is 2.28. The summed E-state index contributed by atoms with van der Waals surface area (Å²) in [5.41, 5.74) is 1.91. The van der Waals surface area contributed by atoms with Gasteiger partial charge in [-0.15, -0.1) is 0 Å². The van der Waals surface area contributed by atoms with E-state index in [0.717, 1.165) is 25.2 Å². The number of imidazole rings is 1. The molecule has 2 aromatic rings. The second-order valence-electron chi connectivity index (χ2n) is 6.44. The molecule has 0 spiro atoms. The maximum absolute atomic E-state index is 12.1. The van der Waals surface area contributed by atoms with Crippen molar-refractivity contribution in [3.8, 4) is 0 Å². The third-order valence-electron chi connectivity index (χ3n) is 4.17. The largest absolute Gasteiger partial charge is 0.350 e. The first-order valence-electron chi connectivity index (χ1n) is 8.02. The number of amides is 1. The molecule has 0 radical (unpaired) electrons. The van der Waals surface area contributed by atoms with Crippen molar-refractivity contribution in [1.29, 1.82) is 0 Å². The van der Waals surface area contributed by atoms with Crippen molar-refractivity contribution in [2.45, 2.75) is 39.2 Å². The van der Waals surface area contributed by atoms with Crippen LogP contribution in [0.15, 0.2) is 36.5 Å². The maximum Gasteiger partial charge on any atom is 0.271 e. The summed E-state index contributed by atoms with van der Waals surface area (Å²) in [5, 5.41) is 2.94. The lowest BCUT2D eigenvalue weighted by atomic mass is 9.92. The Balaban J connectivity index is 1.71. The molecule has 1 atom stereocenters. The zero-order chi connectivity index (χ0) is 15.5. The van der Waals surface area contributed by atoms with E-state index >= 15 is 0 Å². The molecule has 1 aromatic heterocycles. The van der Waals surface area contributed by atoms with Crippen LogP contribution in [-0.4, -0.2) is 22.0 Å². The Morgan fingerprint density at radius 3 is 2.86 bits per heavy atom. The minimum absolute atomic E-state index is 0.0631. The molecule has 1 aliphatic rings. The van der Waals surface area contributed by atoms with Gasteiger partial charge >= 0.3 is 0 Å². The number of rotatable bonds is 4. The highest BCUT2D eigenvalue weighted by molar-refractivity contribution is 5.92. The van der Waals surface area contributed by atoms with Gasteiger partial charge in [0.1, 0.15) is 11.5 Å². The summed E-state index contributed by atoms with van der Waals surface area (Å²) in [6, 6.07) is 10.6. The molecule has 2 heterocycles. The standard InChI is InChI=1S/C18H23N3O/c1-13(2)10-19-18(22)16-12-21-11-15(8-9-17(21)20-16)14-6-4-3-5-7-14/h3-7,12-13,15H,8-11H2,1-2H3,(H,19,22)/t15-/m1/s1. The molecule has 4 heteroatoms. The fraction of sp³-hybridized carbons (Fsp3) is 0.444. The number of aromatic nitrogens is 2. The molecule has 4 nitrogen and oxygen atoms in total. The van der Waals surface area contributed by atoms with Crippen LogP contribution in [-0.2, 0) is 13.0 Å². The number of nitrogens with zero attached hydrogens (tertiary/aromatic N) is 2. The van der Waals surface area contributed by atoms with Gasteiger partial charge in [0.15, 0.2) is 0 Å². The van der Waals surface area contributed by atoms with Gasteiger partial charge in [0.25, 0.3) is 5.91 Å². The minimum Gasteiger partial charge on any atom is -0.350 e. The number of carbonyl (C=O) groups is 1. The second-order valence-corrected chi connectivity index (χ2v) is 6.44.